The SMILES string of the molecule is CS(=O)(=O)N1CCC2(c3ccccc3)CN(C(=O)N3CCCC3)CC2C1. The molecule has 0 aromatic heterocycles. The lowest BCUT2D eigenvalue weighted by Crippen LogP contribution is -2.51. The van der Waals surface area contributed by atoms with Crippen molar-refractivity contribution in [3.05, 3.63) is 35.9 Å². The molecule has 0 N–H and O–H groups in total. The highest BCUT2D eigenvalue weighted by atomic mass is 32.2. The predicted octanol–water partition coefficient (Wildman–Crippen LogP) is 1.74. The van der Waals surface area contributed by atoms with Crippen molar-refractivity contribution in [1.29, 1.82) is 0 Å². The van der Waals surface area contributed by atoms with Crippen LogP contribution < -0.4 is 0 Å². The Labute approximate surface area is 155 Å². The van der Waals surface area contributed by atoms with Crippen LogP contribution in [0.5, 0.6) is 0 Å². The molecule has 0 aliphatic carbocycles. The van der Waals surface area contributed by atoms with Gasteiger partial charge in [0.15, 0.2) is 0 Å². The molecule has 142 valence electrons. The Morgan fingerprint density at radius 2 is 1.73 bits per heavy atom. The highest BCUT2D eigenvalue weighted by molar-refractivity contribution is 7.88. The second kappa shape index (κ2) is 6.53. The van der Waals surface area contributed by atoms with E-state index in [-0.39, 0.29) is 17.4 Å². The van der Waals surface area contributed by atoms with E-state index in [0.717, 1.165) is 32.4 Å². The molecule has 1 aromatic carbocycles. The number of amides is 2. The number of likely N-dealkylation sites (tertiary alicyclic amines) is 2. The standard InChI is InChI=1S/C19H27N3O3S/c1-26(24,25)22-12-9-19(16-7-3-2-4-8-16)15-21(13-17(19)14-22)18(23)20-10-5-6-11-20/h2-4,7-8,17H,5-6,9-15H2,1H3. The molecule has 2 unspecified atom stereocenters. The molecular formula is C19H27N3O3S. The third-order valence-electron chi connectivity index (χ3n) is 6.39. The van der Waals surface area contributed by atoms with Crippen LogP contribution in [-0.2, 0) is 15.4 Å². The molecule has 7 heteroatoms. The van der Waals surface area contributed by atoms with Crippen molar-refractivity contribution in [1.82, 2.24) is 14.1 Å². The largest absolute Gasteiger partial charge is 0.325 e. The third kappa shape index (κ3) is 3.01. The molecule has 1 aromatic rings. The highest BCUT2D eigenvalue weighted by Gasteiger charge is 2.53. The summed E-state index contributed by atoms with van der Waals surface area (Å²) in [7, 11) is -3.21. The maximum atomic E-state index is 13.0. The summed E-state index contributed by atoms with van der Waals surface area (Å²) in [6.45, 7) is 4.03. The molecule has 0 saturated carbocycles. The summed E-state index contributed by atoms with van der Waals surface area (Å²) in [4.78, 5) is 16.9. The van der Waals surface area contributed by atoms with Gasteiger partial charge in [0.05, 0.1) is 6.26 Å². The Morgan fingerprint density at radius 3 is 2.38 bits per heavy atom. The molecule has 3 aliphatic rings. The van der Waals surface area contributed by atoms with Gasteiger partial charge in [-0.3, -0.25) is 0 Å². The van der Waals surface area contributed by atoms with Gasteiger partial charge in [0, 0.05) is 50.6 Å². The van der Waals surface area contributed by atoms with Gasteiger partial charge in [0.25, 0.3) is 0 Å². The number of hydrogen-bond donors (Lipinski definition) is 0. The van der Waals surface area contributed by atoms with Crippen LogP contribution in [0.2, 0.25) is 0 Å². The zero-order valence-corrected chi connectivity index (χ0v) is 16.1. The van der Waals surface area contributed by atoms with Crippen molar-refractivity contribution in [3.8, 4) is 0 Å². The Kier molecular flexibility index (Phi) is 4.47. The molecule has 2 atom stereocenters. The monoisotopic (exact) mass is 377 g/mol. The van der Waals surface area contributed by atoms with E-state index in [2.05, 4.69) is 12.1 Å². The fraction of sp³-hybridized carbons (Fsp3) is 0.632. The Balaban J connectivity index is 1.64. The predicted molar refractivity (Wildman–Crippen MR) is 100 cm³/mol. The highest BCUT2D eigenvalue weighted by Crippen LogP contribution is 2.46. The molecule has 3 saturated heterocycles. The van der Waals surface area contributed by atoms with Gasteiger partial charge in [-0.05, 0) is 24.8 Å². The fourth-order valence-electron chi connectivity index (χ4n) is 4.95. The van der Waals surface area contributed by atoms with E-state index in [1.165, 1.54) is 11.8 Å². The first-order chi connectivity index (χ1) is 12.4. The Morgan fingerprint density at radius 1 is 1.04 bits per heavy atom. The molecule has 0 bridgehead atoms. The topological polar surface area (TPSA) is 60.9 Å². The normalized spacial score (nSPS) is 29.8. The number of nitrogens with zero attached hydrogens (tertiary/aromatic N) is 3. The van der Waals surface area contributed by atoms with Crippen LogP contribution in [0, 0.1) is 5.92 Å². The van der Waals surface area contributed by atoms with Crippen LogP contribution in [0.15, 0.2) is 30.3 Å². The summed E-state index contributed by atoms with van der Waals surface area (Å²) in [5.41, 5.74) is 1.09. The van der Waals surface area contributed by atoms with E-state index in [1.54, 1.807) is 4.31 Å². The molecule has 0 spiro atoms. The lowest BCUT2D eigenvalue weighted by atomic mass is 9.68. The first kappa shape index (κ1) is 17.8. The number of hydrogen-bond acceptors (Lipinski definition) is 3. The summed E-state index contributed by atoms with van der Waals surface area (Å²) < 4.78 is 25.7. The average molecular weight is 378 g/mol. The van der Waals surface area contributed by atoms with Crippen LogP contribution in [0.1, 0.15) is 24.8 Å². The first-order valence-electron chi connectivity index (χ1n) is 9.45. The van der Waals surface area contributed by atoms with Gasteiger partial charge in [-0.15, -0.1) is 0 Å². The quantitative estimate of drug-likeness (QED) is 0.789. The maximum absolute atomic E-state index is 13.0. The van der Waals surface area contributed by atoms with Crippen molar-refractivity contribution in [2.45, 2.75) is 24.7 Å². The molecule has 3 fully saturated rings. The van der Waals surface area contributed by atoms with Crippen molar-refractivity contribution >= 4 is 16.1 Å². The minimum atomic E-state index is -3.21. The summed E-state index contributed by atoms with van der Waals surface area (Å²) in [5.74, 6) is 0.139. The molecule has 3 aliphatic heterocycles. The van der Waals surface area contributed by atoms with Crippen molar-refractivity contribution < 1.29 is 13.2 Å². The van der Waals surface area contributed by atoms with Crippen LogP contribution >= 0.6 is 0 Å². The first-order valence-corrected chi connectivity index (χ1v) is 11.3. The zero-order chi connectivity index (χ0) is 18.4. The van der Waals surface area contributed by atoms with Crippen molar-refractivity contribution in [2.24, 2.45) is 5.92 Å². The number of fused-ring (bicyclic) bond motifs is 1. The Hall–Kier alpha value is -1.60. The molecule has 6 nitrogen and oxygen atoms in total. The number of urea groups is 1. The van der Waals surface area contributed by atoms with E-state index in [0.29, 0.717) is 26.2 Å². The van der Waals surface area contributed by atoms with Gasteiger partial charge >= 0.3 is 6.03 Å². The van der Waals surface area contributed by atoms with E-state index in [1.807, 2.05) is 28.0 Å². The van der Waals surface area contributed by atoms with E-state index < -0.39 is 10.0 Å². The summed E-state index contributed by atoms with van der Waals surface area (Å²) in [6.07, 6.45) is 4.20. The second-order valence-corrected chi connectivity index (χ2v) is 9.93. The number of sulfonamides is 1. The molecule has 26 heavy (non-hydrogen) atoms. The molecule has 3 heterocycles. The third-order valence-corrected chi connectivity index (χ3v) is 7.66. The van der Waals surface area contributed by atoms with Gasteiger partial charge in [0.2, 0.25) is 10.0 Å². The van der Waals surface area contributed by atoms with Crippen LogP contribution in [-0.4, -0.2) is 74.1 Å². The van der Waals surface area contributed by atoms with Crippen LogP contribution in [0.4, 0.5) is 4.79 Å². The summed E-state index contributed by atoms with van der Waals surface area (Å²) in [5, 5.41) is 0. The minimum absolute atomic E-state index is 0.123. The molecule has 0 radical (unpaired) electrons. The minimum Gasteiger partial charge on any atom is -0.325 e. The van der Waals surface area contributed by atoms with E-state index in [9.17, 15) is 13.2 Å². The van der Waals surface area contributed by atoms with Gasteiger partial charge in [-0.25, -0.2) is 17.5 Å². The molecule has 2 amide bonds. The number of carbonyl (C=O) groups excluding carboxylic acids is 1. The van der Waals surface area contributed by atoms with E-state index in [4.69, 9.17) is 0 Å². The van der Waals surface area contributed by atoms with Gasteiger partial charge in [-0.2, -0.15) is 0 Å². The number of rotatable bonds is 2. The van der Waals surface area contributed by atoms with Crippen molar-refractivity contribution in [3.63, 3.8) is 0 Å². The lowest BCUT2D eigenvalue weighted by Gasteiger charge is -2.42. The van der Waals surface area contributed by atoms with Gasteiger partial charge in [-0.1, -0.05) is 30.3 Å². The zero-order valence-electron chi connectivity index (χ0n) is 15.3. The van der Waals surface area contributed by atoms with E-state index >= 15 is 0 Å². The smallest absolute Gasteiger partial charge is 0.320 e. The number of piperidine rings is 1. The maximum Gasteiger partial charge on any atom is 0.320 e. The van der Waals surface area contributed by atoms with Crippen LogP contribution in [0.25, 0.3) is 0 Å². The lowest BCUT2D eigenvalue weighted by molar-refractivity contribution is 0.169. The number of benzene rings is 1. The summed E-state index contributed by atoms with van der Waals surface area (Å²) >= 11 is 0. The number of carbonyl (C=O) groups is 1. The molecular weight excluding hydrogens is 350 g/mol. The van der Waals surface area contributed by atoms with Crippen LogP contribution in [0.3, 0.4) is 0 Å². The van der Waals surface area contributed by atoms with Gasteiger partial charge in [0.1, 0.15) is 0 Å². The Bertz CT molecular complexity index is 776. The second-order valence-electron chi connectivity index (χ2n) is 7.95. The summed E-state index contributed by atoms with van der Waals surface area (Å²) in [6, 6.07) is 10.5. The van der Waals surface area contributed by atoms with Crippen molar-refractivity contribution in [2.75, 3.05) is 45.5 Å². The van der Waals surface area contributed by atoms with Gasteiger partial charge < -0.3 is 9.80 Å². The molecule has 4 rings (SSSR count). The average Bonchev–Trinajstić information content (AvgIpc) is 3.29. The fourth-order valence-corrected chi connectivity index (χ4v) is 5.82.